The highest BCUT2D eigenvalue weighted by atomic mass is 16.5. The third kappa shape index (κ3) is 11.1. The zero-order valence-corrected chi connectivity index (χ0v) is 32.8. The number of ether oxygens (including phenoxy) is 2. The van der Waals surface area contributed by atoms with E-state index < -0.39 is 11.9 Å². The molecule has 4 aromatic heterocycles. The largest absolute Gasteiger partial charge is 0.465 e. The molecule has 0 saturated carbocycles. The van der Waals surface area contributed by atoms with Gasteiger partial charge >= 0.3 is 11.9 Å². The van der Waals surface area contributed by atoms with E-state index in [0.717, 1.165) is 67.1 Å². The number of pyridine rings is 2. The van der Waals surface area contributed by atoms with E-state index in [9.17, 15) is 9.59 Å². The molecule has 0 saturated heterocycles. The number of hydrogen-bond donors (Lipinski definition) is 2. The maximum Gasteiger partial charge on any atom is 0.340 e. The van der Waals surface area contributed by atoms with Gasteiger partial charge in [-0.2, -0.15) is 10.2 Å². The lowest BCUT2D eigenvalue weighted by molar-refractivity contribution is 0.0593. The van der Waals surface area contributed by atoms with Crippen molar-refractivity contribution in [3.8, 4) is 22.3 Å². The molecule has 0 unspecified atom stereocenters. The van der Waals surface area contributed by atoms with Crippen molar-refractivity contribution in [2.75, 3.05) is 66.1 Å². The molecule has 0 amide bonds. The molecule has 14 heteroatoms. The van der Waals surface area contributed by atoms with E-state index in [-0.39, 0.29) is 0 Å². The predicted molar refractivity (Wildman–Crippen MR) is 219 cm³/mol. The van der Waals surface area contributed by atoms with E-state index in [4.69, 9.17) is 14.6 Å². The van der Waals surface area contributed by atoms with Gasteiger partial charge < -0.3 is 29.9 Å². The number of rotatable bonds is 16. The Bertz CT molecular complexity index is 2110. The van der Waals surface area contributed by atoms with Gasteiger partial charge in [-0.25, -0.2) is 14.3 Å². The van der Waals surface area contributed by atoms with E-state index in [1.54, 1.807) is 36.9 Å². The summed E-state index contributed by atoms with van der Waals surface area (Å²) in [5.41, 5.74) is 6.01. The van der Waals surface area contributed by atoms with Gasteiger partial charge in [0.15, 0.2) is 5.82 Å². The number of aromatic nitrogens is 6. The number of methoxy groups -OCH3 is 2. The SMILES string of the molecule is COC(=O)c1ccncc1Nc1c(-c2ccccc2)cnn1CCCN(C)C.COC(=O)c1ccncc1Nc1nn(CCCN(C)C)cc1-c1ccccc1. The highest BCUT2D eigenvalue weighted by molar-refractivity contribution is 5.97. The number of nitrogens with zero attached hydrogens (tertiary/aromatic N) is 8. The fraction of sp³-hybridized carbons (Fsp3) is 0.286. The summed E-state index contributed by atoms with van der Waals surface area (Å²) < 4.78 is 13.6. The topological polar surface area (TPSA) is 145 Å². The summed E-state index contributed by atoms with van der Waals surface area (Å²) in [7, 11) is 10.9. The third-order valence-corrected chi connectivity index (χ3v) is 8.70. The van der Waals surface area contributed by atoms with Gasteiger partial charge in [0.25, 0.3) is 0 Å². The molecule has 0 fully saturated rings. The lowest BCUT2D eigenvalue weighted by Gasteiger charge is -2.15. The van der Waals surface area contributed by atoms with Crippen LogP contribution in [0.4, 0.5) is 23.0 Å². The average molecular weight is 759 g/mol. The maximum absolute atomic E-state index is 12.1. The summed E-state index contributed by atoms with van der Waals surface area (Å²) in [5, 5.41) is 15.9. The second kappa shape index (κ2) is 20.3. The van der Waals surface area contributed by atoms with Crippen LogP contribution in [0.3, 0.4) is 0 Å². The fourth-order valence-corrected chi connectivity index (χ4v) is 5.88. The van der Waals surface area contributed by atoms with Gasteiger partial charge in [0, 0.05) is 42.8 Å². The Kier molecular flexibility index (Phi) is 14.8. The summed E-state index contributed by atoms with van der Waals surface area (Å²) in [4.78, 5) is 36.8. The number of anilines is 4. The molecule has 0 atom stereocenters. The van der Waals surface area contributed by atoms with E-state index in [1.807, 2.05) is 82.4 Å². The van der Waals surface area contributed by atoms with Crippen LogP contribution in [0, 0.1) is 0 Å². The van der Waals surface area contributed by atoms with Gasteiger partial charge in [0.1, 0.15) is 5.82 Å². The number of carbonyl (C=O) groups is 2. The molecule has 0 aliphatic rings. The lowest BCUT2D eigenvalue weighted by Crippen LogP contribution is -2.16. The molecule has 0 spiro atoms. The summed E-state index contributed by atoms with van der Waals surface area (Å²) in [6, 6.07) is 23.4. The van der Waals surface area contributed by atoms with Gasteiger partial charge in [-0.3, -0.25) is 14.6 Å². The van der Waals surface area contributed by atoms with Crippen LogP contribution in [0.15, 0.2) is 110 Å². The van der Waals surface area contributed by atoms with Crippen LogP contribution in [0.2, 0.25) is 0 Å². The molecule has 0 radical (unpaired) electrons. The van der Waals surface area contributed by atoms with Crippen molar-refractivity contribution < 1.29 is 19.1 Å². The van der Waals surface area contributed by atoms with Crippen molar-refractivity contribution in [2.45, 2.75) is 25.9 Å². The van der Waals surface area contributed by atoms with Crippen molar-refractivity contribution in [1.82, 2.24) is 39.3 Å². The minimum Gasteiger partial charge on any atom is -0.465 e. The second-order valence-electron chi connectivity index (χ2n) is 13.4. The molecule has 292 valence electrons. The molecule has 6 rings (SSSR count). The zero-order valence-electron chi connectivity index (χ0n) is 32.8. The first-order chi connectivity index (χ1) is 27.2. The molecule has 6 aromatic rings. The Morgan fingerprint density at radius 2 is 1.18 bits per heavy atom. The smallest absolute Gasteiger partial charge is 0.340 e. The molecule has 0 aliphatic carbocycles. The molecule has 14 nitrogen and oxygen atoms in total. The number of hydrogen-bond acceptors (Lipinski definition) is 12. The maximum atomic E-state index is 12.1. The Morgan fingerprint density at radius 1 is 0.661 bits per heavy atom. The second-order valence-corrected chi connectivity index (χ2v) is 13.4. The van der Waals surface area contributed by atoms with Crippen LogP contribution >= 0.6 is 0 Å². The van der Waals surface area contributed by atoms with Gasteiger partial charge in [0.2, 0.25) is 0 Å². The Labute approximate surface area is 328 Å². The van der Waals surface area contributed by atoms with Gasteiger partial charge in [0.05, 0.1) is 55.3 Å². The number of nitrogens with one attached hydrogen (secondary N) is 2. The van der Waals surface area contributed by atoms with Crippen LogP contribution in [-0.2, 0) is 22.6 Å². The van der Waals surface area contributed by atoms with Gasteiger partial charge in [-0.1, -0.05) is 60.7 Å². The normalized spacial score (nSPS) is 10.9. The van der Waals surface area contributed by atoms with E-state index >= 15 is 0 Å². The Balaban J connectivity index is 0.000000214. The standard InChI is InChI=1S/2C21H25N5O2/c1-25(2)12-7-13-26-15-18(16-8-5-4-6-9-16)20(24-26)23-19-14-22-11-10-17(19)21(27)28-3;1-25(2)12-7-13-26-20(18(14-23-26)16-8-5-4-6-9-16)24-19-15-22-11-10-17(19)21(27)28-3/h4-6,8-11,14-15H,7,12-13H2,1-3H3,(H,23,24);4-6,8-11,14-15,24H,7,12-13H2,1-3H3. The minimum absolute atomic E-state index is 0.412. The average Bonchev–Trinajstić information content (AvgIpc) is 3.81. The molecule has 2 aromatic carbocycles. The molecule has 0 aliphatic heterocycles. The van der Waals surface area contributed by atoms with Crippen LogP contribution < -0.4 is 10.6 Å². The van der Waals surface area contributed by atoms with Crippen LogP contribution in [0.5, 0.6) is 0 Å². The van der Waals surface area contributed by atoms with Crippen LogP contribution in [0.25, 0.3) is 22.3 Å². The summed E-state index contributed by atoms with van der Waals surface area (Å²) in [5.74, 6) is 0.665. The summed E-state index contributed by atoms with van der Waals surface area (Å²) >= 11 is 0. The summed E-state index contributed by atoms with van der Waals surface area (Å²) in [6.45, 7) is 3.50. The highest BCUT2D eigenvalue weighted by Gasteiger charge is 2.19. The van der Waals surface area contributed by atoms with Gasteiger partial charge in [-0.05, 0) is 77.4 Å². The van der Waals surface area contributed by atoms with Crippen molar-refractivity contribution in [3.05, 3.63) is 121 Å². The first-order valence-corrected chi connectivity index (χ1v) is 18.3. The molecule has 4 heterocycles. The lowest BCUT2D eigenvalue weighted by atomic mass is 10.1. The number of aryl methyl sites for hydroxylation is 2. The Morgan fingerprint density at radius 3 is 1.71 bits per heavy atom. The molecular formula is C42H50N10O4. The quantitative estimate of drug-likeness (QED) is 0.0996. The number of carbonyl (C=O) groups excluding carboxylic acids is 2. The molecule has 56 heavy (non-hydrogen) atoms. The van der Waals surface area contributed by atoms with Crippen LogP contribution in [-0.4, -0.2) is 107 Å². The zero-order chi connectivity index (χ0) is 39.9. The number of esters is 2. The summed E-state index contributed by atoms with van der Waals surface area (Å²) in [6.07, 6.45) is 12.2. The first kappa shape index (κ1) is 40.8. The first-order valence-electron chi connectivity index (χ1n) is 18.3. The Hall–Kier alpha value is -6.38. The predicted octanol–water partition coefficient (Wildman–Crippen LogP) is 6.85. The van der Waals surface area contributed by atoms with Crippen LogP contribution in [0.1, 0.15) is 33.6 Å². The van der Waals surface area contributed by atoms with Crippen molar-refractivity contribution in [1.29, 1.82) is 0 Å². The van der Waals surface area contributed by atoms with Crippen molar-refractivity contribution in [3.63, 3.8) is 0 Å². The molecule has 0 bridgehead atoms. The minimum atomic E-state index is -0.420. The molecule has 2 N–H and O–H groups in total. The third-order valence-electron chi connectivity index (χ3n) is 8.70. The highest BCUT2D eigenvalue weighted by Crippen LogP contribution is 2.32. The van der Waals surface area contributed by atoms with Gasteiger partial charge in [-0.15, -0.1) is 0 Å². The van der Waals surface area contributed by atoms with E-state index in [2.05, 4.69) is 63.7 Å². The molecular weight excluding hydrogens is 709 g/mol. The number of benzene rings is 2. The van der Waals surface area contributed by atoms with E-state index in [0.29, 0.717) is 28.3 Å². The fourth-order valence-electron chi connectivity index (χ4n) is 5.88. The monoisotopic (exact) mass is 758 g/mol. The van der Waals surface area contributed by atoms with Crippen molar-refractivity contribution >= 4 is 34.9 Å². The van der Waals surface area contributed by atoms with Crippen molar-refractivity contribution in [2.24, 2.45) is 0 Å². The van der Waals surface area contributed by atoms with E-state index in [1.165, 1.54) is 14.2 Å².